The smallest absolute Gasteiger partial charge is 0.256 e. The van der Waals surface area contributed by atoms with Gasteiger partial charge >= 0.3 is 0 Å². The number of thiophene rings is 1. The molecule has 4 nitrogen and oxygen atoms in total. The van der Waals surface area contributed by atoms with Crippen molar-refractivity contribution < 1.29 is 9.21 Å². The van der Waals surface area contributed by atoms with Gasteiger partial charge in [0.15, 0.2) is 6.17 Å². The summed E-state index contributed by atoms with van der Waals surface area (Å²) in [6.45, 7) is 2.27. The largest absolute Gasteiger partial charge is 0.457 e. The van der Waals surface area contributed by atoms with Gasteiger partial charge in [0.1, 0.15) is 16.5 Å². The SMILES string of the molecule is C[C@@H]1CCc2c(sc3c2C(=O)N[C@@H](c2ccc(-c4cc(Cl)cc(Cl)c4)o2)N3)C1. The molecule has 0 spiro atoms. The van der Waals surface area contributed by atoms with Gasteiger partial charge in [-0.2, -0.15) is 0 Å². The maximum atomic E-state index is 12.8. The van der Waals surface area contributed by atoms with Crippen LogP contribution in [0.25, 0.3) is 11.3 Å². The predicted molar refractivity (Wildman–Crippen MR) is 114 cm³/mol. The monoisotopic (exact) mass is 432 g/mol. The van der Waals surface area contributed by atoms with E-state index in [2.05, 4.69) is 17.6 Å². The number of furan rings is 1. The Morgan fingerprint density at radius 1 is 1.14 bits per heavy atom. The van der Waals surface area contributed by atoms with Crippen LogP contribution in [0.4, 0.5) is 5.00 Å². The Morgan fingerprint density at radius 3 is 2.71 bits per heavy atom. The van der Waals surface area contributed by atoms with Crippen LogP contribution in [0.15, 0.2) is 34.7 Å². The molecular formula is C21H18Cl2N2O2S. The quantitative estimate of drug-likeness (QED) is 0.499. The maximum absolute atomic E-state index is 12.8. The molecule has 2 atom stereocenters. The Balaban J connectivity index is 1.45. The second kappa shape index (κ2) is 6.83. The second-order valence-electron chi connectivity index (χ2n) is 7.47. The summed E-state index contributed by atoms with van der Waals surface area (Å²) in [5.41, 5.74) is 2.83. The fraction of sp³-hybridized carbons (Fsp3) is 0.286. The van der Waals surface area contributed by atoms with Crippen LogP contribution in [-0.4, -0.2) is 5.91 Å². The summed E-state index contributed by atoms with van der Waals surface area (Å²) in [7, 11) is 0. The average Bonchev–Trinajstić information content (AvgIpc) is 3.25. The van der Waals surface area contributed by atoms with Crippen LogP contribution in [0.3, 0.4) is 0 Å². The highest BCUT2D eigenvalue weighted by molar-refractivity contribution is 7.16. The number of nitrogens with one attached hydrogen (secondary N) is 2. The van der Waals surface area contributed by atoms with Crippen molar-refractivity contribution in [2.24, 2.45) is 5.92 Å². The number of carbonyl (C=O) groups is 1. The summed E-state index contributed by atoms with van der Waals surface area (Å²) in [6, 6.07) is 9.01. The fourth-order valence-corrected chi connectivity index (χ4v) is 5.93. The van der Waals surface area contributed by atoms with E-state index < -0.39 is 6.17 Å². The van der Waals surface area contributed by atoms with E-state index in [-0.39, 0.29) is 5.91 Å². The number of halogens is 2. The molecule has 7 heteroatoms. The van der Waals surface area contributed by atoms with Gasteiger partial charge in [0.05, 0.1) is 5.56 Å². The molecule has 0 bridgehead atoms. The van der Waals surface area contributed by atoms with Crippen molar-refractivity contribution in [2.75, 3.05) is 5.32 Å². The van der Waals surface area contributed by atoms with Crippen molar-refractivity contribution in [1.82, 2.24) is 5.32 Å². The molecule has 2 N–H and O–H groups in total. The average molecular weight is 433 g/mol. The topological polar surface area (TPSA) is 54.3 Å². The Morgan fingerprint density at radius 2 is 1.93 bits per heavy atom. The molecule has 0 fully saturated rings. The fourth-order valence-electron chi connectivity index (χ4n) is 3.96. The van der Waals surface area contributed by atoms with Gasteiger partial charge < -0.3 is 15.1 Å². The summed E-state index contributed by atoms with van der Waals surface area (Å²) in [6.07, 6.45) is 2.76. The van der Waals surface area contributed by atoms with Gasteiger partial charge in [-0.15, -0.1) is 11.3 Å². The normalized spacial score (nSPS) is 20.9. The molecule has 1 aliphatic carbocycles. The third-order valence-electron chi connectivity index (χ3n) is 5.35. The third kappa shape index (κ3) is 3.11. The lowest BCUT2D eigenvalue weighted by molar-refractivity contribution is 0.0930. The summed E-state index contributed by atoms with van der Waals surface area (Å²) >= 11 is 13.9. The van der Waals surface area contributed by atoms with Crippen molar-refractivity contribution in [3.8, 4) is 11.3 Å². The highest BCUT2D eigenvalue weighted by atomic mass is 35.5. The van der Waals surface area contributed by atoms with Gasteiger partial charge in [0, 0.05) is 20.5 Å². The van der Waals surface area contributed by atoms with Crippen LogP contribution in [0.2, 0.25) is 10.0 Å². The number of carbonyl (C=O) groups excluding carboxylic acids is 1. The highest BCUT2D eigenvalue weighted by Gasteiger charge is 2.34. The molecule has 5 rings (SSSR count). The van der Waals surface area contributed by atoms with Crippen molar-refractivity contribution in [2.45, 2.75) is 32.4 Å². The van der Waals surface area contributed by atoms with Crippen molar-refractivity contribution in [3.63, 3.8) is 0 Å². The van der Waals surface area contributed by atoms with Gasteiger partial charge in [-0.05, 0) is 61.1 Å². The van der Waals surface area contributed by atoms with E-state index in [4.69, 9.17) is 27.6 Å². The second-order valence-corrected chi connectivity index (χ2v) is 9.44. The first-order chi connectivity index (χ1) is 13.5. The Bertz CT molecular complexity index is 1070. The molecule has 0 saturated heterocycles. The molecule has 0 saturated carbocycles. The summed E-state index contributed by atoms with van der Waals surface area (Å²) < 4.78 is 6.01. The van der Waals surface area contributed by atoms with Crippen molar-refractivity contribution >= 4 is 45.4 Å². The number of fused-ring (bicyclic) bond motifs is 3. The zero-order valence-corrected chi connectivity index (χ0v) is 17.5. The zero-order chi connectivity index (χ0) is 19.4. The van der Waals surface area contributed by atoms with E-state index in [1.165, 1.54) is 10.4 Å². The van der Waals surface area contributed by atoms with Crippen LogP contribution in [0.5, 0.6) is 0 Å². The van der Waals surface area contributed by atoms with Crippen LogP contribution in [0, 0.1) is 5.92 Å². The van der Waals surface area contributed by atoms with Gasteiger partial charge in [0.2, 0.25) is 0 Å². The van der Waals surface area contributed by atoms with Crippen molar-refractivity contribution in [3.05, 3.63) is 62.1 Å². The standard InChI is InChI=1S/C21H18Cl2N2O2S/c1-10-2-3-14-17(6-10)28-21-18(14)20(26)24-19(25-21)16-5-4-15(27-16)11-7-12(22)9-13(23)8-11/h4-5,7-10,19,25H,2-3,6H2,1H3,(H,24,26)/t10-,19-/m1/s1. The summed E-state index contributed by atoms with van der Waals surface area (Å²) in [5.74, 6) is 1.93. The lowest BCUT2D eigenvalue weighted by atomic mass is 9.88. The van der Waals surface area contributed by atoms with E-state index in [9.17, 15) is 4.79 Å². The Labute approximate surface area is 176 Å². The molecule has 2 aromatic heterocycles. The van der Waals surface area contributed by atoms with E-state index in [1.807, 2.05) is 12.1 Å². The lowest BCUT2D eigenvalue weighted by Gasteiger charge is -2.25. The molecule has 144 valence electrons. The summed E-state index contributed by atoms with van der Waals surface area (Å²) in [4.78, 5) is 14.2. The molecule has 0 radical (unpaired) electrons. The van der Waals surface area contributed by atoms with Gasteiger partial charge in [-0.1, -0.05) is 30.1 Å². The van der Waals surface area contributed by atoms with Gasteiger partial charge in [-0.25, -0.2) is 0 Å². The lowest BCUT2D eigenvalue weighted by Crippen LogP contribution is -2.38. The molecule has 0 unspecified atom stereocenters. The van der Waals surface area contributed by atoms with Gasteiger partial charge in [-0.3, -0.25) is 4.79 Å². The number of benzene rings is 1. The molecular weight excluding hydrogens is 415 g/mol. The number of hydrogen-bond acceptors (Lipinski definition) is 4. The first kappa shape index (κ1) is 18.1. The predicted octanol–water partition coefficient (Wildman–Crippen LogP) is 6.29. The molecule has 3 heterocycles. The van der Waals surface area contributed by atoms with Crippen LogP contribution >= 0.6 is 34.5 Å². The van der Waals surface area contributed by atoms with Crippen molar-refractivity contribution in [1.29, 1.82) is 0 Å². The molecule has 3 aromatic rings. The number of anilines is 1. The first-order valence-corrected chi connectivity index (χ1v) is 10.8. The Kier molecular flexibility index (Phi) is 4.42. The number of rotatable bonds is 2. The van der Waals surface area contributed by atoms with E-state index >= 15 is 0 Å². The van der Waals surface area contributed by atoms with Crippen LogP contribution in [-0.2, 0) is 12.8 Å². The van der Waals surface area contributed by atoms with Crippen LogP contribution in [0.1, 0.15) is 46.1 Å². The molecule has 1 amide bonds. The number of hydrogen-bond donors (Lipinski definition) is 2. The first-order valence-electron chi connectivity index (χ1n) is 9.26. The van der Waals surface area contributed by atoms with E-state index in [0.717, 1.165) is 35.4 Å². The highest BCUT2D eigenvalue weighted by Crippen LogP contribution is 2.43. The minimum absolute atomic E-state index is 0.0328. The molecule has 1 aliphatic heterocycles. The zero-order valence-electron chi connectivity index (χ0n) is 15.1. The van der Waals surface area contributed by atoms with Crippen LogP contribution < -0.4 is 10.6 Å². The Hall–Kier alpha value is -1.95. The summed E-state index contributed by atoms with van der Waals surface area (Å²) in [5, 5.41) is 8.52. The molecule has 28 heavy (non-hydrogen) atoms. The maximum Gasteiger partial charge on any atom is 0.256 e. The third-order valence-corrected chi connectivity index (χ3v) is 6.97. The molecule has 1 aromatic carbocycles. The van der Waals surface area contributed by atoms with E-state index in [1.54, 1.807) is 29.5 Å². The number of amides is 1. The minimum Gasteiger partial charge on any atom is -0.457 e. The molecule has 2 aliphatic rings. The van der Waals surface area contributed by atoms with E-state index in [0.29, 0.717) is 27.5 Å². The van der Waals surface area contributed by atoms with Gasteiger partial charge in [0.25, 0.3) is 5.91 Å². The minimum atomic E-state index is -0.402.